The van der Waals surface area contributed by atoms with Crippen molar-refractivity contribution in [3.05, 3.63) is 76.6 Å². The molecule has 0 radical (unpaired) electrons. The number of carbonyl (C=O) groups is 1. The lowest BCUT2D eigenvalue weighted by Crippen LogP contribution is -2.17. The first-order valence-electron chi connectivity index (χ1n) is 10.8. The summed E-state index contributed by atoms with van der Waals surface area (Å²) in [6, 6.07) is 12.4. The van der Waals surface area contributed by atoms with Gasteiger partial charge in [0, 0.05) is 30.2 Å². The number of hydrogen-bond donors (Lipinski definition) is 3. The lowest BCUT2D eigenvalue weighted by molar-refractivity contribution is 0.102. The summed E-state index contributed by atoms with van der Waals surface area (Å²) in [7, 11) is 0. The summed E-state index contributed by atoms with van der Waals surface area (Å²) in [4.78, 5) is 17.7. The number of unbranched alkanes of at least 4 members (excludes halogenated alkanes) is 1. The third-order valence-electron chi connectivity index (χ3n) is 5.14. The fourth-order valence-electron chi connectivity index (χ4n) is 3.90. The van der Waals surface area contributed by atoms with Crippen LogP contribution in [0.3, 0.4) is 0 Å². The maximum absolute atomic E-state index is 13.3. The molecule has 162 valence electrons. The van der Waals surface area contributed by atoms with Gasteiger partial charge in [-0.1, -0.05) is 35.4 Å². The molecule has 0 aliphatic carbocycles. The first-order chi connectivity index (χ1) is 14.9. The second-order valence-corrected chi connectivity index (χ2v) is 8.24. The topological polar surface area (TPSA) is 80.0 Å². The highest BCUT2D eigenvalue weighted by Crippen LogP contribution is 2.32. The number of pyridine rings is 1. The lowest BCUT2D eigenvalue weighted by Gasteiger charge is -2.17. The summed E-state index contributed by atoms with van der Waals surface area (Å²) in [6.07, 6.45) is 5.33. The Morgan fingerprint density at radius 3 is 2.10 bits per heavy atom. The van der Waals surface area contributed by atoms with Crippen molar-refractivity contribution in [2.75, 3.05) is 23.7 Å². The number of amides is 1. The van der Waals surface area contributed by atoms with Crippen molar-refractivity contribution in [1.82, 2.24) is 4.98 Å². The van der Waals surface area contributed by atoms with Gasteiger partial charge in [-0.15, -0.1) is 0 Å². The van der Waals surface area contributed by atoms with Crippen LogP contribution >= 0.6 is 0 Å². The van der Waals surface area contributed by atoms with Gasteiger partial charge in [-0.25, -0.2) is 0 Å². The molecular formula is C26H32N4O. The smallest absolute Gasteiger partial charge is 0.259 e. The Hall–Kier alpha value is -3.18. The number of nitrogens with one attached hydrogen (secondary N) is 2. The number of hydrogen-bond acceptors (Lipinski definition) is 4. The van der Waals surface area contributed by atoms with Gasteiger partial charge >= 0.3 is 0 Å². The number of aryl methyl sites for hydroxylation is 4. The van der Waals surface area contributed by atoms with E-state index in [0.717, 1.165) is 53.0 Å². The Morgan fingerprint density at radius 1 is 0.871 bits per heavy atom. The SMILES string of the molecule is Cc1cc(C)cc(NC(=O)c2cncc(-c3cc(C)cc(C)c3)c2NCCCCN)c1. The summed E-state index contributed by atoms with van der Waals surface area (Å²) < 4.78 is 0. The standard InChI is InChI=1S/C26H32N4O/c1-17-9-18(2)12-21(11-17)23-15-28-16-24(25(23)29-8-6-5-7-27)26(31)30-22-13-19(3)10-20(4)14-22/h9-16H,5-8,27H2,1-4H3,(H,28,29)(H,30,31). The van der Waals surface area contributed by atoms with Gasteiger partial charge in [-0.05, 0) is 75.9 Å². The van der Waals surface area contributed by atoms with Crippen LogP contribution in [0.4, 0.5) is 11.4 Å². The fraction of sp³-hybridized carbons (Fsp3) is 0.308. The van der Waals surface area contributed by atoms with Crippen molar-refractivity contribution in [1.29, 1.82) is 0 Å². The number of anilines is 2. The first kappa shape index (κ1) is 22.5. The maximum atomic E-state index is 13.3. The van der Waals surface area contributed by atoms with E-state index in [4.69, 9.17) is 5.73 Å². The normalized spacial score (nSPS) is 10.7. The molecule has 0 atom stereocenters. The molecule has 0 saturated carbocycles. The van der Waals surface area contributed by atoms with Gasteiger partial charge in [0.05, 0.1) is 11.3 Å². The average molecular weight is 417 g/mol. The van der Waals surface area contributed by atoms with Crippen LogP contribution in [0.5, 0.6) is 0 Å². The van der Waals surface area contributed by atoms with E-state index in [1.165, 1.54) is 11.1 Å². The molecule has 4 N–H and O–H groups in total. The molecule has 31 heavy (non-hydrogen) atoms. The van der Waals surface area contributed by atoms with E-state index in [-0.39, 0.29) is 5.91 Å². The summed E-state index contributed by atoms with van der Waals surface area (Å²) >= 11 is 0. The van der Waals surface area contributed by atoms with Gasteiger partial charge in [-0.2, -0.15) is 0 Å². The Morgan fingerprint density at radius 2 is 1.48 bits per heavy atom. The second kappa shape index (κ2) is 10.2. The monoisotopic (exact) mass is 416 g/mol. The molecule has 5 nitrogen and oxygen atoms in total. The van der Waals surface area contributed by atoms with Gasteiger partial charge in [0.15, 0.2) is 0 Å². The molecule has 2 aromatic carbocycles. The molecule has 0 fully saturated rings. The minimum atomic E-state index is -0.176. The molecule has 1 aromatic heterocycles. The van der Waals surface area contributed by atoms with E-state index in [0.29, 0.717) is 12.1 Å². The van der Waals surface area contributed by atoms with E-state index in [9.17, 15) is 4.79 Å². The van der Waals surface area contributed by atoms with Crippen LogP contribution in [-0.4, -0.2) is 24.0 Å². The minimum Gasteiger partial charge on any atom is -0.384 e. The zero-order valence-corrected chi connectivity index (χ0v) is 18.9. The van der Waals surface area contributed by atoms with Gasteiger partial charge in [0.1, 0.15) is 0 Å². The molecular weight excluding hydrogens is 384 g/mol. The average Bonchev–Trinajstić information content (AvgIpc) is 2.69. The van der Waals surface area contributed by atoms with Crippen molar-refractivity contribution in [3.63, 3.8) is 0 Å². The number of rotatable bonds is 8. The molecule has 1 heterocycles. The summed E-state index contributed by atoms with van der Waals surface area (Å²) in [5.74, 6) is -0.176. The summed E-state index contributed by atoms with van der Waals surface area (Å²) in [5.41, 5.74) is 14.3. The van der Waals surface area contributed by atoms with E-state index < -0.39 is 0 Å². The third kappa shape index (κ3) is 5.92. The molecule has 1 amide bonds. The predicted molar refractivity (Wildman–Crippen MR) is 130 cm³/mol. The maximum Gasteiger partial charge on any atom is 0.259 e. The highest BCUT2D eigenvalue weighted by Gasteiger charge is 2.18. The van der Waals surface area contributed by atoms with Gasteiger partial charge in [0.25, 0.3) is 5.91 Å². The molecule has 0 bridgehead atoms. The quantitative estimate of drug-likeness (QED) is 0.430. The lowest BCUT2D eigenvalue weighted by atomic mass is 9.98. The van der Waals surface area contributed by atoms with Crippen LogP contribution in [-0.2, 0) is 0 Å². The van der Waals surface area contributed by atoms with Crippen LogP contribution in [0.1, 0.15) is 45.5 Å². The van der Waals surface area contributed by atoms with E-state index in [1.807, 2.05) is 32.2 Å². The molecule has 0 saturated heterocycles. The molecule has 3 rings (SSSR count). The van der Waals surface area contributed by atoms with Crippen molar-refractivity contribution in [2.24, 2.45) is 5.73 Å². The molecule has 0 unspecified atom stereocenters. The van der Waals surface area contributed by atoms with Crippen LogP contribution in [0, 0.1) is 27.7 Å². The Bertz CT molecular complexity index is 1030. The Balaban J connectivity index is 2.00. The van der Waals surface area contributed by atoms with Gasteiger partial charge in [0.2, 0.25) is 0 Å². The molecule has 0 aliphatic rings. The van der Waals surface area contributed by atoms with Crippen LogP contribution in [0.25, 0.3) is 11.1 Å². The fourth-order valence-corrected chi connectivity index (χ4v) is 3.90. The zero-order chi connectivity index (χ0) is 22.4. The largest absolute Gasteiger partial charge is 0.384 e. The zero-order valence-electron chi connectivity index (χ0n) is 18.9. The Labute approximate surface area is 185 Å². The van der Waals surface area contributed by atoms with E-state index in [1.54, 1.807) is 6.20 Å². The Kier molecular flexibility index (Phi) is 7.42. The highest BCUT2D eigenvalue weighted by atomic mass is 16.1. The molecule has 0 spiro atoms. The van der Waals surface area contributed by atoms with Crippen molar-refractivity contribution >= 4 is 17.3 Å². The van der Waals surface area contributed by atoms with Crippen LogP contribution in [0.15, 0.2) is 48.8 Å². The van der Waals surface area contributed by atoms with Crippen molar-refractivity contribution in [3.8, 4) is 11.1 Å². The number of aromatic nitrogens is 1. The minimum absolute atomic E-state index is 0.176. The van der Waals surface area contributed by atoms with Crippen LogP contribution < -0.4 is 16.4 Å². The van der Waals surface area contributed by atoms with E-state index >= 15 is 0 Å². The highest BCUT2D eigenvalue weighted by molar-refractivity contribution is 6.10. The number of benzene rings is 2. The summed E-state index contributed by atoms with van der Waals surface area (Å²) in [5, 5.41) is 6.53. The predicted octanol–water partition coefficient (Wildman–Crippen LogP) is 5.39. The van der Waals surface area contributed by atoms with Crippen molar-refractivity contribution in [2.45, 2.75) is 40.5 Å². The van der Waals surface area contributed by atoms with Crippen LogP contribution in [0.2, 0.25) is 0 Å². The molecule has 5 heteroatoms. The number of nitrogens with zero attached hydrogens (tertiary/aromatic N) is 1. The first-order valence-corrected chi connectivity index (χ1v) is 10.8. The van der Waals surface area contributed by atoms with Gasteiger partial charge in [-0.3, -0.25) is 9.78 Å². The van der Waals surface area contributed by atoms with E-state index in [2.05, 4.69) is 53.7 Å². The third-order valence-corrected chi connectivity index (χ3v) is 5.14. The number of carbonyl (C=O) groups excluding carboxylic acids is 1. The molecule has 3 aromatic rings. The van der Waals surface area contributed by atoms with Gasteiger partial charge < -0.3 is 16.4 Å². The summed E-state index contributed by atoms with van der Waals surface area (Å²) in [6.45, 7) is 9.60. The van der Waals surface area contributed by atoms with Crippen molar-refractivity contribution < 1.29 is 4.79 Å². The number of nitrogens with two attached hydrogens (primary N) is 1. The second-order valence-electron chi connectivity index (χ2n) is 8.24. The molecule has 0 aliphatic heterocycles.